The maximum Gasteiger partial charge on any atom is 0.303 e. The molecule has 1 amide bonds. The van der Waals surface area contributed by atoms with E-state index in [-0.39, 0.29) is 23.4 Å². The molecule has 6 nitrogen and oxygen atoms in total. The molecule has 108 valence electrons. The number of carbonyl (C=O) groups is 2. The number of nitrogens with zero attached hydrogens (tertiary/aromatic N) is 2. The molecule has 0 saturated heterocycles. The van der Waals surface area contributed by atoms with Crippen LogP contribution < -0.4 is 5.32 Å². The first-order chi connectivity index (χ1) is 9.61. The summed E-state index contributed by atoms with van der Waals surface area (Å²) in [4.78, 5) is 30.8. The van der Waals surface area contributed by atoms with Crippen molar-refractivity contribution in [3.63, 3.8) is 0 Å². The first-order valence-electron chi connectivity index (χ1n) is 6.87. The van der Waals surface area contributed by atoms with E-state index in [1.165, 1.54) is 18.6 Å². The third-order valence-corrected chi connectivity index (χ3v) is 3.86. The number of nitrogens with one attached hydrogen (secondary N) is 1. The van der Waals surface area contributed by atoms with Gasteiger partial charge in [-0.2, -0.15) is 0 Å². The number of carbonyl (C=O) groups excluding carboxylic acids is 1. The average molecular weight is 277 g/mol. The van der Waals surface area contributed by atoms with E-state index >= 15 is 0 Å². The Kier molecular flexibility index (Phi) is 4.65. The highest BCUT2D eigenvalue weighted by atomic mass is 16.4. The van der Waals surface area contributed by atoms with Gasteiger partial charge in [-0.25, -0.2) is 4.98 Å². The topological polar surface area (TPSA) is 92.2 Å². The van der Waals surface area contributed by atoms with E-state index in [1.54, 1.807) is 0 Å². The van der Waals surface area contributed by atoms with E-state index in [0.29, 0.717) is 6.54 Å². The van der Waals surface area contributed by atoms with Crippen molar-refractivity contribution < 1.29 is 14.7 Å². The van der Waals surface area contributed by atoms with Gasteiger partial charge in [0.15, 0.2) is 0 Å². The SMILES string of the molecule is O=C(O)CC1(CNC(=O)c2cnccn2)CCCCC1. The lowest BCUT2D eigenvalue weighted by molar-refractivity contribution is -0.140. The molecule has 2 rings (SSSR count). The molecule has 0 bridgehead atoms. The van der Waals surface area contributed by atoms with E-state index in [4.69, 9.17) is 5.11 Å². The Labute approximate surface area is 117 Å². The molecule has 1 aliphatic rings. The summed E-state index contributed by atoms with van der Waals surface area (Å²) in [5.41, 5.74) is -0.0594. The number of hydrogen-bond donors (Lipinski definition) is 2. The zero-order chi connectivity index (χ0) is 14.4. The second-order valence-corrected chi connectivity index (χ2v) is 5.40. The number of carboxylic acid groups (broad SMARTS) is 1. The zero-order valence-electron chi connectivity index (χ0n) is 11.3. The molecule has 0 aliphatic heterocycles. The summed E-state index contributed by atoms with van der Waals surface area (Å²) in [6, 6.07) is 0. The van der Waals surface area contributed by atoms with Crippen LogP contribution in [0.1, 0.15) is 49.0 Å². The van der Waals surface area contributed by atoms with Gasteiger partial charge in [-0.1, -0.05) is 19.3 Å². The van der Waals surface area contributed by atoms with Crippen molar-refractivity contribution >= 4 is 11.9 Å². The Bertz CT molecular complexity index is 470. The van der Waals surface area contributed by atoms with Gasteiger partial charge in [-0.15, -0.1) is 0 Å². The highest BCUT2D eigenvalue weighted by Crippen LogP contribution is 2.38. The summed E-state index contributed by atoms with van der Waals surface area (Å²) < 4.78 is 0. The number of aliphatic carboxylic acids is 1. The van der Waals surface area contributed by atoms with Gasteiger partial charge in [0, 0.05) is 18.9 Å². The summed E-state index contributed by atoms with van der Waals surface area (Å²) in [6.07, 6.45) is 9.35. The van der Waals surface area contributed by atoms with Crippen LogP contribution in [0, 0.1) is 5.41 Å². The highest BCUT2D eigenvalue weighted by molar-refractivity contribution is 5.91. The monoisotopic (exact) mass is 277 g/mol. The molecule has 1 aromatic heterocycles. The van der Waals surface area contributed by atoms with Gasteiger partial charge < -0.3 is 10.4 Å². The minimum absolute atomic E-state index is 0.105. The van der Waals surface area contributed by atoms with Gasteiger partial charge in [-0.3, -0.25) is 14.6 Å². The number of carboxylic acids is 1. The summed E-state index contributed by atoms with van der Waals surface area (Å²) in [5.74, 6) is -1.10. The molecular weight excluding hydrogens is 258 g/mol. The Hall–Kier alpha value is -1.98. The highest BCUT2D eigenvalue weighted by Gasteiger charge is 2.34. The van der Waals surface area contributed by atoms with Crippen LogP contribution in [0.4, 0.5) is 0 Å². The van der Waals surface area contributed by atoms with E-state index in [0.717, 1.165) is 32.1 Å². The van der Waals surface area contributed by atoms with E-state index in [2.05, 4.69) is 15.3 Å². The standard InChI is InChI=1S/C14H19N3O3/c18-12(19)8-14(4-2-1-3-5-14)10-17-13(20)11-9-15-6-7-16-11/h6-7,9H,1-5,8,10H2,(H,17,20)(H,18,19). The number of aromatic nitrogens is 2. The molecule has 1 saturated carbocycles. The van der Waals surface area contributed by atoms with Crippen molar-refractivity contribution in [1.82, 2.24) is 15.3 Å². The Balaban J connectivity index is 1.98. The van der Waals surface area contributed by atoms with E-state index < -0.39 is 5.97 Å². The predicted octanol–water partition coefficient (Wildman–Crippen LogP) is 1.63. The molecule has 0 aromatic carbocycles. The quantitative estimate of drug-likeness (QED) is 0.853. The van der Waals surface area contributed by atoms with E-state index in [9.17, 15) is 9.59 Å². The molecule has 6 heteroatoms. The average Bonchev–Trinajstić information content (AvgIpc) is 2.46. The van der Waals surface area contributed by atoms with Gasteiger partial charge in [0.2, 0.25) is 0 Å². The third-order valence-electron chi connectivity index (χ3n) is 3.86. The number of rotatable bonds is 5. The summed E-state index contributed by atoms with van der Waals surface area (Å²) in [5, 5.41) is 11.9. The van der Waals surface area contributed by atoms with Crippen LogP contribution >= 0.6 is 0 Å². The van der Waals surface area contributed by atoms with Crippen molar-refractivity contribution in [2.24, 2.45) is 5.41 Å². The molecule has 1 heterocycles. The molecule has 0 unspecified atom stereocenters. The zero-order valence-corrected chi connectivity index (χ0v) is 11.3. The van der Waals surface area contributed by atoms with Gasteiger partial charge in [-0.05, 0) is 18.3 Å². The molecule has 0 atom stereocenters. The van der Waals surface area contributed by atoms with Crippen molar-refractivity contribution in [2.45, 2.75) is 38.5 Å². The fourth-order valence-corrected chi connectivity index (χ4v) is 2.81. The van der Waals surface area contributed by atoms with Crippen molar-refractivity contribution in [1.29, 1.82) is 0 Å². The van der Waals surface area contributed by atoms with Crippen molar-refractivity contribution in [3.05, 3.63) is 24.3 Å². The summed E-state index contributed by atoms with van der Waals surface area (Å²) in [7, 11) is 0. The van der Waals surface area contributed by atoms with Crippen molar-refractivity contribution in [2.75, 3.05) is 6.54 Å². The predicted molar refractivity (Wildman–Crippen MR) is 72.1 cm³/mol. The second kappa shape index (κ2) is 6.45. The van der Waals surface area contributed by atoms with Crippen LogP contribution in [-0.2, 0) is 4.79 Å². The first kappa shape index (κ1) is 14.4. The van der Waals surface area contributed by atoms with Gasteiger partial charge >= 0.3 is 5.97 Å². The molecular formula is C14H19N3O3. The minimum atomic E-state index is -0.805. The normalized spacial score (nSPS) is 17.4. The third kappa shape index (κ3) is 3.76. The number of hydrogen-bond acceptors (Lipinski definition) is 4. The maximum absolute atomic E-state index is 12.0. The van der Waals surface area contributed by atoms with Crippen LogP contribution in [0.2, 0.25) is 0 Å². The smallest absolute Gasteiger partial charge is 0.303 e. The second-order valence-electron chi connectivity index (χ2n) is 5.40. The Morgan fingerprint density at radius 2 is 2.00 bits per heavy atom. The van der Waals surface area contributed by atoms with Gasteiger partial charge in [0.1, 0.15) is 5.69 Å². The summed E-state index contributed by atoms with van der Waals surface area (Å²) >= 11 is 0. The molecule has 2 N–H and O–H groups in total. The van der Waals surface area contributed by atoms with Crippen LogP contribution in [-0.4, -0.2) is 33.5 Å². The molecule has 20 heavy (non-hydrogen) atoms. The van der Waals surface area contributed by atoms with Gasteiger partial charge in [0.05, 0.1) is 12.6 Å². The molecule has 1 fully saturated rings. The van der Waals surface area contributed by atoms with Gasteiger partial charge in [0.25, 0.3) is 5.91 Å². The molecule has 1 aliphatic carbocycles. The maximum atomic E-state index is 12.0. The minimum Gasteiger partial charge on any atom is -0.481 e. The molecule has 1 aromatic rings. The first-order valence-corrected chi connectivity index (χ1v) is 6.87. The van der Waals surface area contributed by atoms with Crippen LogP contribution in [0.25, 0.3) is 0 Å². The lowest BCUT2D eigenvalue weighted by Gasteiger charge is -2.36. The van der Waals surface area contributed by atoms with Crippen LogP contribution in [0.3, 0.4) is 0 Å². The Morgan fingerprint density at radius 1 is 1.25 bits per heavy atom. The fourth-order valence-electron chi connectivity index (χ4n) is 2.81. The fraction of sp³-hybridized carbons (Fsp3) is 0.571. The lowest BCUT2D eigenvalue weighted by Crippen LogP contribution is -2.40. The Morgan fingerprint density at radius 3 is 2.60 bits per heavy atom. The van der Waals surface area contributed by atoms with E-state index in [1.807, 2.05) is 0 Å². The van der Waals surface area contributed by atoms with Crippen LogP contribution in [0.15, 0.2) is 18.6 Å². The largest absolute Gasteiger partial charge is 0.481 e. The molecule has 0 spiro atoms. The van der Waals surface area contributed by atoms with Crippen LogP contribution in [0.5, 0.6) is 0 Å². The lowest BCUT2D eigenvalue weighted by atomic mass is 9.71. The molecule has 0 radical (unpaired) electrons. The van der Waals surface area contributed by atoms with Crippen molar-refractivity contribution in [3.8, 4) is 0 Å². The number of amides is 1. The summed E-state index contributed by atoms with van der Waals surface area (Å²) in [6.45, 7) is 0.384.